The molecule has 0 radical (unpaired) electrons. The molecule has 0 bridgehead atoms. The van der Waals surface area contributed by atoms with Crippen LogP contribution in [0.15, 0.2) is 30.3 Å². The molecule has 12 nitrogen and oxygen atoms in total. The van der Waals surface area contributed by atoms with E-state index in [-0.39, 0.29) is 0 Å². The first-order valence-electron chi connectivity index (χ1n) is 11.9. The highest BCUT2D eigenvalue weighted by Crippen LogP contribution is 2.28. The van der Waals surface area contributed by atoms with E-state index >= 15 is 0 Å². The molecule has 1 aromatic carbocycles. The van der Waals surface area contributed by atoms with Crippen LogP contribution in [0, 0.1) is 11.3 Å². The number of ether oxygens (including phenoxy) is 4. The van der Waals surface area contributed by atoms with E-state index < -0.39 is 80.6 Å². The van der Waals surface area contributed by atoms with E-state index in [0.29, 0.717) is 5.56 Å². The molecule has 2 fully saturated rings. The number of aliphatic hydroxyl groups is 7. The Hall–Kier alpha value is -1.73. The molecule has 0 aliphatic carbocycles. The van der Waals surface area contributed by atoms with Gasteiger partial charge in [0, 0.05) is 0 Å². The summed E-state index contributed by atoms with van der Waals surface area (Å²) >= 11 is 0. The molecule has 2 aliphatic rings. The minimum atomic E-state index is -3.90. The predicted octanol–water partition coefficient (Wildman–Crippen LogP) is -3.11. The van der Waals surface area contributed by atoms with Gasteiger partial charge in [0.25, 0.3) is 0 Å². The van der Waals surface area contributed by atoms with Gasteiger partial charge in [-0.15, -0.1) is 0 Å². The van der Waals surface area contributed by atoms with E-state index in [4.69, 9.17) is 25.8 Å². The number of hydrogen-bond donors (Lipinski definition) is 7. The maximum Gasteiger partial charge on any atom is 0.188 e. The van der Waals surface area contributed by atoms with Gasteiger partial charge in [-0.25, -0.2) is 0 Å². The molecule has 0 amide bonds. The summed E-state index contributed by atoms with van der Waals surface area (Å²) in [6, 6.07) is 9.87. The van der Waals surface area contributed by atoms with Crippen molar-refractivity contribution in [3.8, 4) is 6.07 Å². The Morgan fingerprint density at radius 1 is 0.938 bits per heavy atom. The Morgan fingerprint density at radius 2 is 1.59 bits per heavy atom. The van der Waals surface area contributed by atoms with E-state index in [1.807, 2.05) is 6.07 Å². The van der Waals surface area contributed by atoms with E-state index in [1.165, 1.54) is 0 Å². The second-order valence-corrected chi connectivity index (χ2v) is 7.00. The lowest BCUT2D eigenvalue weighted by Crippen LogP contribution is -2.61. The topological polar surface area (TPSA) is 202 Å². The summed E-state index contributed by atoms with van der Waals surface area (Å²) in [7, 11) is 0. The van der Waals surface area contributed by atoms with Gasteiger partial charge >= 0.3 is 0 Å². The molecule has 2 aliphatic heterocycles. The van der Waals surface area contributed by atoms with E-state index in [2.05, 4.69) is 0 Å². The fraction of sp³-hybridized carbons (Fsp3) is 0.650. The molecule has 178 valence electrons. The summed E-state index contributed by atoms with van der Waals surface area (Å²) in [6.45, 7) is -4.49. The van der Waals surface area contributed by atoms with E-state index in [9.17, 15) is 41.0 Å². The number of benzene rings is 1. The summed E-state index contributed by atoms with van der Waals surface area (Å²) in [4.78, 5) is 0. The monoisotopic (exact) mass is 462 g/mol. The van der Waals surface area contributed by atoms with Crippen LogP contribution in [-0.4, -0.2) is 110 Å². The Labute approximate surface area is 190 Å². The van der Waals surface area contributed by atoms with Gasteiger partial charge in [-0.2, -0.15) is 5.26 Å². The van der Waals surface area contributed by atoms with Gasteiger partial charge < -0.3 is 54.7 Å². The molecule has 11 atom stereocenters. The molecular weight excluding hydrogens is 430 g/mol. The van der Waals surface area contributed by atoms with Crippen molar-refractivity contribution in [2.75, 3.05) is 13.2 Å². The van der Waals surface area contributed by atoms with Crippen LogP contribution in [0.25, 0.3) is 0 Å². The third-order valence-corrected chi connectivity index (χ3v) is 4.90. The Morgan fingerprint density at radius 3 is 2.22 bits per heavy atom. The summed E-state index contributed by atoms with van der Waals surface area (Å²) in [5, 5.41) is 80.6. The third-order valence-electron chi connectivity index (χ3n) is 4.90. The van der Waals surface area contributed by atoms with Gasteiger partial charge in [0.2, 0.25) is 0 Å². The van der Waals surface area contributed by atoms with E-state index in [0.717, 1.165) is 0 Å². The second kappa shape index (κ2) is 10.9. The highest BCUT2D eigenvalue weighted by Gasteiger charge is 2.48. The molecule has 2 saturated heterocycles. The predicted molar refractivity (Wildman–Crippen MR) is 102 cm³/mol. The van der Waals surface area contributed by atoms with Crippen molar-refractivity contribution in [2.45, 2.75) is 67.4 Å². The minimum Gasteiger partial charge on any atom is -0.394 e. The maximum absolute atomic E-state index is 10.3. The van der Waals surface area contributed by atoms with Gasteiger partial charge in [0.1, 0.15) is 48.8 Å². The van der Waals surface area contributed by atoms with Crippen molar-refractivity contribution in [1.82, 2.24) is 0 Å². The highest BCUT2D eigenvalue weighted by molar-refractivity contribution is 5.22. The van der Waals surface area contributed by atoms with Crippen LogP contribution in [-0.2, 0) is 18.9 Å². The molecule has 2 heterocycles. The van der Waals surface area contributed by atoms with Crippen LogP contribution in [0.3, 0.4) is 0 Å². The number of hydrogen-bond acceptors (Lipinski definition) is 12. The zero-order valence-electron chi connectivity index (χ0n) is 21.4. The summed E-state index contributed by atoms with van der Waals surface area (Å²) in [6.07, 6.45) is -26.8. The first-order chi connectivity index (χ1) is 17.0. The number of aliphatic hydroxyl groups excluding tert-OH is 3. The van der Waals surface area contributed by atoms with Crippen LogP contribution in [0.5, 0.6) is 0 Å². The van der Waals surface area contributed by atoms with Gasteiger partial charge in [-0.05, 0) is 5.56 Å². The Kier molecular flexibility index (Phi) is 6.37. The van der Waals surface area contributed by atoms with Crippen molar-refractivity contribution in [2.24, 2.45) is 0 Å². The molecule has 1 aromatic rings. The molecule has 0 aromatic heterocycles. The molecule has 11 unspecified atom stereocenters. The Balaban J connectivity index is 1.78. The number of rotatable bonds is 7. The maximum atomic E-state index is 10.3. The van der Waals surface area contributed by atoms with Gasteiger partial charge in [-0.3, -0.25) is 0 Å². The minimum absolute atomic E-state index is 0.381. The van der Waals surface area contributed by atoms with Gasteiger partial charge in [0.15, 0.2) is 18.7 Å². The SMILES string of the molecule is [2H]C([2H])(O)C1OC(OCC2OC(OC(C#N)c3ccccc3)C(O)C(O)C2O)C([2H])(O)C([2H])(O)C1([2H])O. The van der Waals surface area contributed by atoms with Crippen molar-refractivity contribution in [1.29, 1.82) is 5.26 Å². The summed E-state index contributed by atoms with van der Waals surface area (Å²) < 4.78 is 58.7. The number of nitrogens with zero attached hydrogens (tertiary/aromatic N) is 1. The van der Waals surface area contributed by atoms with Crippen molar-refractivity contribution < 1.29 is 61.5 Å². The smallest absolute Gasteiger partial charge is 0.188 e. The van der Waals surface area contributed by atoms with Crippen LogP contribution in [0.1, 0.15) is 18.5 Å². The largest absolute Gasteiger partial charge is 0.394 e. The van der Waals surface area contributed by atoms with Crippen LogP contribution >= 0.6 is 0 Å². The van der Waals surface area contributed by atoms with Gasteiger partial charge in [0.05, 0.1) is 26.1 Å². The molecule has 32 heavy (non-hydrogen) atoms. The third kappa shape index (κ3) is 5.25. The fourth-order valence-corrected chi connectivity index (χ4v) is 3.12. The summed E-state index contributed by atoms with van der Waals surface area (Å²) in [5.41, 5.74) is 0.381. The van der Waals surface area contributed by atoms with E-state index in [1.54, 1.807) is 30.3 Å². The second-order valence-electron chi connectivity index (χ2n) is 7.00. The van der Waals surface area contributed by atoms with Crippen LogP contribution < -0.4 is 0 Å². The normalized spacial score (nSPS) is 50.7. The lowest BCUT2D eigenvalue weighted by atomic mass is 9.98. The fourth-order valence-electron chi connectivity index (χ4n) is 3.12. The molecular formula is C20H27NO11. The Bertz CT molecular complexity index is 974. The van der Waals surface area contributed by atoms with Crippen molar-refractivity contribution in [3.05, 3.63) is 35.9 Å². The molecule has 0 spiro atoms. The first kappa shape index (κ1) is 18.7. The molecule has 12 heteroatoms. The van der Waals surface area contributed by atoms with Crippen LogP contribution in [0.4, 0.5) is 0 Å². The lowest BCUT2D eigenvalue weighted by Gasteiger charge is -2.43. The average Bonchev–Trinajstić information content (AvgIpc) is 2.81. The molecule has 0 saturated carbocycles. The lowest BCUT2D eigenvalue weighted by molar-refractivity contribution is -0.334. The molecule has 7 N–H and O–H groups in total. The zero-order chi connectivity index (χ0) is 28.0. The average molecular weight is 462 g/mol. The number of nitriles is 1. The highest BCUT2D eigenvalue weighted by atomic mass is 16.7. The van der Waals surface area contributed by atoms with Crippen molar-refractivity contribution >= 4 is 0 Å². The standard InChI is InChI=1S/C20H27NO11/c21-6-10(9-4-2-1-3-5-9)30-20-18(28)16(26)14(24)12(32-20)8-29-19-17(27)15(25)13(23)11(7-22)31-19/h1-5,10-20,22-28H,7-8H2/i7D2,13D,15D,17D. The summed E-state index contributed by atoms with van der Waals surface area (Å²) in [5.74, 6) is 0. The molecule has 3 rings (SSSR count). The quantitative estimate of drug-likeness (QED) is 0.215. The zero-order valence-corrected chi connectivity index (χ0v) is 16.4. The van der Waals surface area contributed by atoms with Crippen LogP contribution in [0.2, 0.25) is 0 Å². The first-order valence-corrected chi connectivity index (χ1v) is 9.43. The van der Waals surface area contributed by atoms with Gasteiger partial charge in [-0.1, -0.05) is 30.3 Å². The van der Waals surface area contributed by atoms with Crippen molar-refractivity contribution in [3.63, 3.8) is 0 Å².